The van der Waals surface area contributed by atoms with Crippen LogP contribution in [0.2, 0.25) is 0 Å². The highest BCUT2D eigenvalue weighted by Crippen LogP contribution is 2.52. The number of benzene rings is 7. The standard InChI is InChI=1S/C54H36N2S4/c1-29-7-17-39(18-8-29)55-43-25-42-44(26-41(43)51-49(55)53-47(59-51)27-45(57-53)37-15-13-33-21-31(3)5-11-35(33)23-37)56(40-19-9-30(2)10-20-40)50-52(42)60-48-28-46(58-54(48)50)38-16-14-34-22-32(4)6-12-36(34)24-38/h5-28H,1-4H3. The SMILES string of the molecule is Cc1ccc(-n2c3cc4c5sc6cc(-c7ccc8cc(C)ccc8c7)sc6c5n(-c5ccc(C)cc5)c4cc3c3sc4cc(-c5ccc6cc(C)ccc6c5)sc4c32)cc1. The molecular formula is C54H36N2S4. The zero-order valence-electron chi connectivity index (χ0n) is 33.4. The van der Waals surface area contributed by atoms with Crippen LogP contribution >= 0.6 is 45.3 Å². The van der Waals surface area contributed by atoms with Crippen molar-refractivity contribution >= 4 is 128 Å². The van der Waals surface area contributed by atoms with Crippen LogP contribution in [0.3, 0.4) is 0 Å². The summed E-state index contributed by atoms with van der Waals surface area (Å²) in [6.07, 6.45) is 0. The van der Waals surface area contributed by atoms with E-state index in [1.54, 1.807) is 0 Å². The van der Waals surface area contributed by atoms with Gasteiger partial charge in [-0.05, 0) is 121 Å². The minimum absolute atomic E-state index is 1.20. The molecule has 0 fully saturated rings. The Labute approximate surface area is 362 Å². The molecule has 0 radical (unpaired) electrons. The van der Waals surface area contributed by atoms with E-state index < -0.39 is 0 Å². The lowest BCUT2D eigenvalue weighted by molar-refractivity contribution is 1.18. The van der Waals surface area contributed by atoms with Crippen LogP contribution in [0.5, 0.6) is 0 Å². The summed E-state index contributed by atoms with van der Waals surface area (Å²) < 4.78 is 13.2. The minimum atomic E-state index is 1.20. The average molecular weight is 841 g/mol. The quantitative estimate of drug-likeness (QED) is 0.167. The highest BCUT2D eigenvalue weighted by molar-refractivity contribution is 7.35. The molecule has 0 atom stereocenters. The van der Waals surface area contributed by atoms with Gasteiger partial charge >= 0.3 is 0 Å². The van der Waals surface area contributed by atoms with Gasteiger partial charge in [-0.3, -0.25) is 0 Å². The smallest absolute Gasteiger partial charge is 0.0829 e. The van der Waals surface area contributed by atoms with E-state index in [0.29, 0.717) is 0 Å². The second-order valence-electron chi connectivity index (χ2n) is 16.5. The maximum absolute atomic E-state index is 2.55. The molecule has 0 aliphatic carbocycles. The monoisotopic (exact) mass is 840 g/mol. The van der Waals surface area contributed by atoms with Gasteiger partial charge in [0, 0.05) is 41.3 Å². The first-order chi connectivity index (χ1) is 29.3. The molecule has 0 amide bonds. The Balaban J connectivity index is 1.07. The third kappa shape index (κ3) is 5.15. The topological polar surface area (TPSA) is 9.86 Å². The van der Waals surface area contributed by atoms with E-state index >= 15 is 0 Å². The first kappa shape index (κ1) is 34.8. The Hall–Kier alpha value is -6.02. The summed E-state index contributed by atoms with van der Waals surface area (Å²) in [4.78, 5) is 2.63. The molecule has 0 bridgehead atoms. The van der Waals surface area contributed by atoms with Gasteiger partial charge in [0.25, 0.3) is 0 Å². The van der Waals surface area contributed by atoms with Gasteiger partial charge in [0.15, 0.2) is 0 Å². The van der Waals surface area contributed by atoms with Crippen LogP contribution in [-0.2, 0) is 0 Å². The number of rotatable bonds is 4. The van der Waals surface area contributed by atoms with Gasteiger partial charge < -0.3 is 9.13 Å². The molecule has 0 aliphatic rings. The Morgan fingerprint density at radius 3 is 1.15 bits per heavy atom. The summed E-state index contributed by atoms with van der Waals surface area (Å²) >= 11 is 7.74. The van der Waals surface area contributed by atoms with Crippen molar-refractivity contribution in [2.24, 2.45) is 0 Å². The Kier molecular flexibility index (Phi) is 7.39. The maximum atomic E-state index is 2.55. The van der Waals surface area contributed by atoms with E-state index in [0.717, 1.165) is 0 Å². The normalized spacial score (nSPS) is 12.3. The Bertz CT molecular complexity index is 3660. The maximum Gasteiger partial charge on any atom is 0.0829 e. The number of fused-ring (bicyclic) bond motifs is 12. The molecule has 286 valence electrons. The van der Waals surface area contributed by atoms with Crippen molar-refractivity contribution in [3.63, 3.8) is 0 Å². The van der Waals surface area contributed by atoms with Crippen LogP contribution in [-0.4, -0.2) is 9.13 Å². The van der Waals surface area contributed by atoms with Crippen molar-refractivity contribution in [1.82, 2.24) is 9.13 Å². The zero-order chi connectivity index (χ0) is 40.0. The fourth-order valence-electron chi connectivity index (χ4n) is 9.32. The molecule has 6 heterocycles. The van der Waals surface area contributed by atoms with Crippen molar-refractivity contribution in [2.45, 2.75) is 27.7 Å². The van der Waals surface area contributed by atoms with Gasteiger partial charge in [-0.1, -0.05) is 107 Å². The molecule has 0 unspecified atom stereocenters. The first-order valence-corrected chi connectivity index (χ1v) is 23.6. The number of aromatic nitrogens is 2. The number of thiophene rings is 4. The predicted molar refractivity (Wildman–Crippen MR) is 266 cm³/mol. The molecule has 0 saturated heterocycles. The van der Waals surface area contributed by atoms with Gasteiger partial charge in [-0.2, -0.15) is 0 Å². The third-order valence-electron chi connectivity index (χ3n) is 12.4. The molecule has 2 nitrogen and oxygen atoms in total. The molecule has 13 aromatic rings. The fraction of sp³-hybridized carbons (Fsp3) is 0.0741. The molecule has 60 heavy (non-hydrogen) atoms. The van der Waals surface area contributed by atoms with Crippen LogP contribution in [0.25, 0.3) is 115 Å². The summed E-state index contributed by atoms with van der Waals surface area (Å²) in [6.45, 7) is 8.68. The number of hydrogen-bond acceptors (Lipinski definition) is 4. The van der Waals surface area contributed by atoms with E-state index in [4.69, 9.17) is 0 Å². The number of aryl methyl sites for hydroxylation is 4. The van der Waals surface area contributed by atoms with Crippen molar-refractivity contribution in [3.8, 4) is 32.3 Å². The van der Waals surface area contributed by atoms with E-state index in [2.05, 4.69) is 182 Å². The van der Waals surface area contributed by atoms with Gasteiger partial charge in [-0.15, -0.1) is 45.3 Å². The molecule has 6 heteroatoms. The molecule has 6 aromatic heterocycles. The van der Waals surface area contributed by atoms with E-state index in [-0.39, 0.29) is 0 Å². The summed E-state index contributed by atoms with van der Waals surface area (Å²) in [5, 5.41) is 7.77. The largest absolute Gasteiger partial charge is 0.307 e. The van der Waals surface area contributed by atoms with Crippen LogP contribution in [0.1, 0.15) is 22.3 Å². The third-order valence-corrected chi connectivity index (χ3v) is 17.3. The van der Waals surface area contributed by atoms with Crippen molar-refractivity contribution in [3.05, 3.63) is 168 Å². The lowest BCUT2D eigenvalue weighted by atomic mass is 10.0. The summed E-state index contributed by atoms with van der Waals surface area (Å²) in [5.74, 6) is 0. The Morgan fingerprint density at radius 2 is 0.717 bits per heavy atom. The molecular weight excluding hydrogens is 805 g/mol. The molecule has 0 N–H and O–H groups in total. The van der Waals surface area contributed by atoms with Crippen molar-refractivity contribution in [2.75, 3.05) is 0 Å². The lowest BCUT2D eigenvalue weighted by Gasteiger charge is -2.10. The van der Waals surface area contributed by atoms with Gasteiger partial charge in [0.05, 0.1) is 40.9 Å². The second-order valence-corrected chi connectivity index (χ2v) is 20.7. The highest BCUT2D eigenvalue weighted by atomic mass is 32.1. The average Bonchev–Trinajstić information content (AvgIpc) is 4.09. The molecule has 0 saturated carbocycles. The van der Waals surface area contributed by atoms with Gasteiger partial charge in [0.1, 0.15) is 0 Å². The van der Waals surface area contributed by atoms with Crippen LogP contribution < -0.4 is 0 Å². The molecule has 13 rings (SSSR count). The molecule has 0 spiro atoms. The first-order valence-electron chi connectivity index (χ1n) is 20.4. The van der Waals surface area contributed by atoms with Crippen LogP contribution in [0.4, 0.5) is 0 Å². The fourth-order valence-corrected chi connectivity index (χ4v) is 14.6. The highest BCUT2D eigenvalue weighted by Gasteiger charge is 2.25. The summed E-state index contributed by atoms with van der Waals surface area (Å²) in [6, 6.07) is 55.4. The number of hydrogen-bond donors (Lipinski definition) is 0. The second kappa shape index (κ2) is 12.7. The summed E-state index contributed by atoms with van der Waals surface area (Å²) in [5.41, 5.74) is 15.2. The van der Waals surface area contributed by atoms with E-state index in [1.807, 2.05) is 45.3 Å². The van der Waals surface area contributed by atoms with E-state index in [9.17, 15) is 0 Å². The van der Waals surface area contributed by atoms with Crippen molar-refractivity contribution in [1.29, 1.82) is 0 Å². The molecule has 0 aliphatic heterocycles. The van der Waals surface area contributed by atoms with Crippen LogP contribution in [0.15, 0.2) is 146 Å². The van der Waals surface area contributed by atoms with Crippen LogP contribution in [0, 0.1) is 27.7 Å². The predicted octanol–water partition coefficient (Wildman–Crippen LogP) is 17.3. The lowest BCUT2D eigenvalue weighted by Crippen LogP contribution is -1.95. The molecule has 7 aromatic carbocycles. The summed E-state index contributed by atoms with van der Waals surface area (Å²) in [7, 11) is 0. The Morgan fingerprint density at radius 1 is 0.333 bits per heavy atom. The van der Waals surface area contributed by atoms with Gasteiger partial charge in [0.2, 0.25) is 0 Å². The zero-order valence-corrected chi connectivity index (χ0v) is 36.6. The van der Waals surface area contributed by atoms with Crippen molar-refractivity contribution < 1.29 is 0 Å². The van der Waals surface area contributed by atoms with Gasteiger partial charge in [-0.25, -0.2) is 0 Å². The van der Waals surface area contributed by atoms with E-state index in [1.165, 1.54) is 137 Å². The number of nitrogens with zero attached hydrogens (tertiary/aromatic N) is 2. The minimum Gasteiger partial charge on any atom is -0.307 e.